The topological polar surface area (TPSA) is 61.7 Å². The largest absolute Gasteiger partial charge is 0.416 e. The molecule has 0 radical (unpaired) electrons. The Balaban J connectivity index is 1.90. The lowest BCUT2D eigenvalue weighted by molar-refractivity contribution is -0.137. The summed E-state index contributed by atoms with van der Waals surface area (Å²) < 4.78 is 42.9. The van der Waals surface area contributed by atoms with Gasteiger partial charge in [-0.1, -0.05) is 12.1 Å². The Hall–Kier alpha value is -1.15. The van der Waals surface area contributed by atoms with E-state index in [1.54, 1.807) is 0 Å². The van der Waals surface area contributed by atoms with Gasteiger partial charge in [0.15, 0.2) is 0 Å². The normalized spacial score (nSPS) is 24.2. The number of hydrogen-bond donors (Lipinski definition) is 3. The Morgan fingerprint density at radius 3 is 2.76 bits per heavy atom. The van der Waals surface area contributed by atoms with Gasteiger partial charge in [-0.3, -0.25) is 0 Å². The van der Waals surface area contributed by atoms with Crippen LogP contribution >= 0.6 is 0 Å². The Bertz CT molecular complexity index is 473. The highest BCUT2D eigenvalue weighted by Gasteiger charge is 2.32. The molecule has 2 rings (SSSR count). The molecule has 0 spiro atoms. The SMILES string of the molecule is OC(CNCC1(O)CCOC1)c1cccc(C(F)(F)F)c1. The maximum atomic E-state index is 12.6. The molecule has 2 unspecified atom stereocenters. The molecule has 0 amide bonds. The van der Waals surface area contributed by atoms with E-state index in [1.165, 1.54) is 12.1 Å². The summed E-state index contributed by atoms with van der Waals surface area (Å²) in [7, 11) is 0. The second-order valence-electron chi connectivity index (χ2n) is 5.30. The van der Waals surface area contributed by atoms with Crippen LogP contribution in [0.5, 0.6) is 0 Å². The van der Waals surface area contributed by atoms with Crippen molar-refractivity contribution in [2.24, 2.45) is 0 Å². The van der Waals surface area contributed by atoms with Crippen molar-refractivity contribution in [1.82, 2.24) is 5.32 Å². The summed E-state index contributed by atoms with van der Waals surface area (Å²) in [5.41, 5.74) is -1.57. The number of hydrogen-bond acceptors (Lipinski definition) is 4. The summed E-state index contributed by atoms with van der Waals surface area (Å²) in [4.78, 5) is 0. The lowest BCUT2D eigenvalue weighted by Gasteiger charge is -2.22. The Morgan fingerprint density at radius 2 is 2.14 bits per heavy atom. The van der Waals surface area contributed by atoms with Gasteiger partial charge in [0.1, 0.15) is 5.60 Å². The van der Waals surface area contributed by atoms with Crippen molar-refractivity contribution < 1.29 is 28.1 Å². The van der Waals surface area contributed by atoms with E-state index in [0.717, 1.165) is 12.1 Å². The van der Waals surface area contributed by atoms with Gasteiger partial charge in [0.2, 0.25) is 0 Å². The van der Waals surface area contributed by atoms with E-state index >= 15 is 0 Å². The van der Waals surface area contributed by atoms with Crippen LogP contribution in [0.2, 0.25) is 0 Å². The van der Waals surface area contributed by atoms with Crippen molar-refractivity contribution in [3.05, 3.63) is 35.4 Å². The van der Waals surface area contributed by atoms with E-state index in [9.17, 15) is 23.4 Å². The number of aliphatic hydroxyl groups is 2. The molecule has 0 aliphatic carbocycles. The highest BCUT2D eigenvalue weighted by molar-refractivity contribution is 5.27. The van der Waals surface area contributed by atoms with Crippen LogP contribution in [0.15, 0.2) is 24.3 Å². The summed E-state index contributed by atoms with van der Waals surface area (Å²) in [6.45, 7) is 0.987. The quantitative estimate of drug-likeness (QED) is 0.771. The van der Waals surface area contributed by atoms with E-state index < -0.39 is 23.4 Å². The van der Waals surface area contributed by atoms with Crippen LogP contribution < -0.4 is 5.32 Å². The average Bonchev–Trinajstić information content (AvgIpc) is 2.85. The molecule has 1 saturated heterocycles. The van der Waals surface area contributed by atoms with Gasteiger partial charge in [0, 0.05) is 26.1 Å². The van der Waals surface area contributed by atoms with Crippen LogP contribution in [0.1, 0.15) is 23.7 Å². The van der Waals surface area contributed by atoms with Crippen molar-refractivity contribution in [3.63, 3.8) is 0 Å². The highest BCUT2D eigenvalue weighted by Crippen LogP contribution is 2.30. The van der Waals surface area contributed by atoms with Gasteiger partial charge in [-0.15, -0.1) is 0 Å². The van der Waals surface area contributed by atoms with E-state index in [0.29, 0.717) is 13.0 Å². The molecule has 1 fully saturated rings. The molecule has 21 heavy (non-hydrogen) atoms. The molecule has 1 aromatic rings. The summed E-state index contributed by atoms with van der Waals surface area (Å²) in [6.07, 6.45) is -5.00. The first kappa shape index (κ1) is 16.2. The van der Waals surface area contributed by atoms with Crippen molar-refractivity contribution in [1.29, 1.82) is 0 Å². The van der Waals surface area contributed by atoms with Crippen LogP contribution in [0.3, 0.4) is 0 Å². The molecular formula is C14H18F3NO3. The van der Waals surface area contributed by atoms with Crippen LogP contribution in [-0.4, -0.2) is 42.1 Å². The van der Waals surface area contributed by atoms with Crippen molar-refractivity contribution in [2.45, 2.75) is 24.3 Å². The molecule has 2 atom stereocenters. The molecule has 0 saturated carbocycles. The van der Waals surface area contributed by atoms with E-state index in [4.69, 9.17) is 4.74 Å². The number of ether oxygens (including phenoxy) is 1. The maximum absolute atomic E-state index is 12.6. The zero-order chi connectivity index (χ0) is 15.5. The predicted octanol–water partition coefficient (Wildman–Crippen LogP) is 1.48. The average molecular weight is 305 g/mol. The first-order valence-corrected chi connectivity index (χ1v) is 6.66. The monoisotopic (exact) mass is 305 g/mol. The summed E-state index contributed by atoms with van der Waals surface area (Å²) >= 11 is 0. The predicted molar refractivity (Wildman–Crippen MR) is 69.7 cm³/mol. The number of rotatable bonds is 5. The molecule has 7 heteroatoms. The van der Waals surface area contributed by atoms with Crippen LogP contribution in [0, 0.1) is 0 Å². The fraction of sp³-hybridized carbons (Fsp3) is 0.571. The van der Waals surface area contributed by atoms with Gasteiger partial charge in [-0.05, 0) is 17.7 Å². The first-order valence-electron chi connectivity index (χ1n) is 6.66. The Morgan fingerprint density at radius 1 is 1.38 bits per heavy atom. The van der Waals surface area contributed by atoms with Gasteiger partial charge in [0.05, 0.1) is 18.3 Å². The van der Waals surface area contributed by atoms with Crippen LogP contribution in [0.25, 0.3) is 0 Å². The molecule has 0 aromatic heterocycles. The molecule has 1 aliphatic rings. The van der Waals surface area contributed by atoms with E-state index in [1.807, 2.05) is 0 Å². The summed E-state index contributed by atoms with van der Waals surface area (Å²) in [6, 6.07) is 4.59. The summed E-state index contributed by atoms with van der Waals surface area (Å²) in [5, 5.41) is 22.8. The van der Waals surface area contributed by atoms with Crippen molar-refractivity contribution in [2.75, 3.05) is 26.3 Å². The number of halogens is 3. The van der Waals surface area contributed by atoms with Gasteiger partial charge in [-0.25, -0.2) is 0 Å². The van der Waals surface area contributed by atoms with Gasteiger partial charge in [-0.2, -0.15) is 13.2 Å². The fourth-order valence-electron chi connectivity index (χ4n) is 2.22. The molecule has 1 aromatic carbocycles. The second-order valence-corrected chi connectivity index (χ2v) is 5.30. The fourth-order valence-corrected chi connectivity index (χ4v) is 2.22. The minimum Gasteiger partial charge on any atom is -0.387 e. The Labute approximate surface area is 120 Å². The van der Waals surface area contributed by atoms with Crippen molar-refractivity contribution >= 4 is 0 Å². The van der Waals surface area contributed by atoms with Gasteiger partial charge < -0.3 is 20.3 Å². The molecule has 4 nitrogen and oxygen atoms in total. The zero-order valence-electron chi connectivity index (χ0n) is 11.4. The Kier molecular flexibility index (Phi) is 4.88. The molecule has 3 N–H and O–H groups in total. The van der Waals surface area contributed by atoms with Gasteiger partial charge in [0.25, 0.3) is 0 Å². The number of benzene rings is 1. The third-order valence-electron chi connectivity index (χ3n) is 3.47. The molecule has 1 heterocycles. The third kappa shape index (κ3) is 4.41. The molecular weight excluding hydrogens is 287 g/mol. The van der Waals surface area contributed by atoms with Crippen LogP contribution in [0.4, 0.5) is 13.2 Å². The van der Waals surface area contributed by atoms with E-state index in [-0.39, 0.29) is 25.3 Å². The minimum atomic E-state index is -4.43. The summed E-state index contributed by atoms with van der Waals surface area (Å²) in [5.74, 6) is 0. The lowest BCUT2D eigenvalue weighted by Crippen LogP contribution is -2.42. The lowest BCUT2D eigenvalue weighted by atomic mass is 10.0. The van der Waals surface area contributed by atoms with Gasteiger partial charge >= 0.3 is 6.18 Å². The second kappa shape index (κ2) is 6.31. The van der Waals surface area contributed by atoms with Crippen molar-refractivity contribution in [3.8, 4) is 0 Å². The highest BCUT2D eigenvalue weighted by atomic mass is 19.4. The maximum Gasteiger partial charge on any atom is 0.416 e. The molecule has 1 aliphatic heterocycles. The molecule has 0 bridgehead atoms. The zero-order valence-corrected chi connectivity index (χ0v) is 11.4. The first-order chi connectivity index (χ1) is 9.80. The minimum absolute atomic E-state index is 0.0591. The smallest absolute Gasteiger partial charge is 0.387 e. The number of nitrogens with one attached hydrogen (secondary N) is 1. The number of alkyl halides is 3. The standard InChI is InChI=1S/C14H18F3NO3/c15-14(16,17)11-3-1-2-10(6-11)12(19)7-18-8-13(20)4-5-21-9-13/h1-3,6,12,18-20H,4-5,7-9H2. The molecule has 118 valence electrons. The number of aliphatic hydroxyl groups excluding tert-OH is 1. The van der Waals surface area contributed by atoms with Crippen LogP contribution in [-0.2, 0) is 10.9 Å². The third-order valence-corrected chi connectivity index (χ3v) is 3.47. The van der Waals surface area contributed by atoms with E-state index in [2.05, 4.69) is 5.32 Å².